The molecule has 3 heteroatoms. The molecule has 2 aromatic carbocycles. The minimum Gasteiger partial charge on any atom is -0.478 e. The molecule has 124 valence electrons. The Labute approximate surface area is 146 Å². The van der Waals surface area contributed by atoms with Crippen LogP contribution in [0.2, 0.25) is 0 Å². The van der Waals surface area contributed by atoms with Crippen molar-refractivity contribution in [3.05, 3.63) is 108 Å². The van der Waals surface area contributed by atoms with Crippen LogP contribution in [0.25, 0.3) is 0 Å². The van der Waals surface area contributed by atoms with Gasteiger partial charge < -0.3 is 9.67 Å². The maximum absolute atomic E-state index is 11.3. The average molecular weight is 329 g/mol. The Morgan fingerprint density at radius 2 is 1.68 bits per heavy atom. The maximum Gasteiger partial charge on any atom is 0.328 e. The molecular weight excluding hydrogens is 310 g/mol. The quantitative estimate of drug-likeness (QED) is 0.729. The lowest BCUT2D eigenvalue weighted by molar-refractivity contribution is -0.131. The van der Waals surface area contributed by atoms with Gasteiger partial charge in [-0.25, -0.2) is 4.79 Å². The van der Waals surface area contributed by atoms with Crippen molar-refractivity contribution in [2.24, 2.45) is 0 Å². The molecule has 0 saturated heterocycles. The topological polar surface area (TPSA) is 42.2 Å². The SMILES string of the molecule is O=C(O)C=CC1(c2ccccc2)c2cccn2CC1c1ccccc1. The minimum atomic E-state index is -0.924. The Balaban J connectivity index is 1.98. The molecule has 0 amide bonds. The van der Waals surface area contributed by atoms with Crippen molar-refractivity contribution < 1.29 is 9.90 Å². The highest BCUT2D eigenvalue weighted by Gasteiger charge is 2.47. The molecule has 1 aliphatic rings. The number of carbonyl (C=O) groups is 1. The van der Waals surface area contributed by atoms with Crippen molar-refractivity contribution in [1.29, 1.82) is 0 Å². The van der Waals surface area contributed by atoms with Gasteiger partial charge in [0.15, 0.2) is 0 Å². The summed E-state index contributed by atoms with van der Waals surface area (Å²) in [5.74, 6) is -0.782. The van der Waals surface area contributed by atoms with Gasteiger partial charge in [0.25, 0.3) is 0 Å². The van der Waals surface area contributed by atoms with Crippen LogP contribution in [0.3, 0.4) is 0 Å². The number of carboxylic acid groups (broad SMARTS) is 1. The molecule has 1 aliphatic heterocycles. The molecule has 1 aromatic heterocycles. The summed E-state index contributed by atoms with van der Waals surface area (Å²) in [6.45, 7) is 0.825. The lowest BCUT2D eigenvalue weighted by Gasteiger charge is -2.33. The number of rotatable bonds is 4. The third kappa shape index (κ3) is 2.49. The Kier molecular flexibility index (Phi) is 3.77. The second-order valence-electron chi connectivity index (χ2n) is 6.42. The van der Waals surface area contributed by atoms with E-state index in [1.165, 1.54) is 11.6 Å². The first-order valence-electron chi connectivity index (χ1n) is 8.40. The van der Waals surface area contributed by atoms with E-state index in [4.69, 9.17) is 0 Å². The standard InChI is InChI=1S/C22H19NO2/c24-21(25)13-14-22(18-10-5-2-6-11-18)19(17-8-3-1-4-9-17)16-23-15-7-12-20(22)23/h1-15,19H,16H2,(H,24,25). The molecular formula is C22H19NO2. The zero-order valence-electron chi connectivity index (χ0n) is 13.7. The van der Waals surface area contributed by atoms with Crippen LogP contribution in [0.4, 0.5) is 0 Å². The first-order chi connectivity index (χ1) is 12.2. The molecule has 2 unspecified atom stereocenters. The van der Waals surface area contributed by atoms with Gasteiger partial charge in [-0.15, -0.1) is 0 Å². The van der Waals surface area contributed by atoms with Crippen molar-refractivity contribution in [2.75, 3.05) is 0 Å². The molecule has 0 bridgehead atoms. The summed E-state index contributed by atoms with van der Waals surface area (Å²) in [5, 5.41) is 9.30. The lowest BCUT2D eigenvalue weighted by Crippen LogP contribution is -2.30. The van der Waals surface area contributed by atoms with Crippen molar-refractivity contribution in [3.63, 3.8) is 0 Å². The van der Waals surface area contributed by atoms with Crippen LogP contribution in [0.1, 0.15) is 22.7 Å². The van der Waals surface area contributed by atoms with Crippen LogP contribution in [0.15, 0.2) is 91.1 Å². The zero-order valence-corrected chi connectivity index (χ0v) is 13.7. The maximum atomic E-state index is 11.3. The van der Waals surface area contributed by atoms with Gasteiger partial charge in [-0.2, -0.15) is 0 Å². The van der Waals surface area contributed by atoms with Crippen LogP contribution in [0.5, 0.6) is 0 Å². The summed E-state index contributed by atoms with van der Waals surface area (Å²) >= 11 is 0. The third-order valence-electron chi connectivity index (χ3n) is 5.12. The Hall–Kier alpha value is -3.07. The fraction of sp³-hybridized carbons (Fsp3) is 0.136. The molecule has 3 nitrogen and oxygen atoms in total. The Bertz CT molecular complexity index is 911. The van der Waals surface area contributed by atoms with Crippen LogP contribution >= 0.6 is 0 Å². The van der Waals surface area contributed by atoms with Gasteiger partial charge >= 0.3 is 5.97 Å². The largest absolute Gasteiger partial charge is 0.478 e. The van der Waals surface area contributed by atoms with E-state index in [9.17, 15) is 9.90 Å². The number of hydrogen-bond acceptors (Lipinski definition) is 1. The Morgan fingerprint density at radius 3 is 2.36 bits per heavy atom. The second-order valence-corrected chi connectivity index (χ2v) is 6.42. The minimum absolute atomic E-state index is 0.142. The molecule has 0 spiro atoms. The van der Waals surface area contributed by atoms with Gasteiger partial charge in [0.2, 0.25) is 0 Å². The molecule has 0 radical (unpaired) electrons. The molecule has 3 aromatic rings. The summed E-state index contributed by atoms with van der Waals surface area (Å²) in [5.41, 5.74) is 2.96. The number of aromatic nitrogens is 1. The number of fused-ring (bicyclic) bond motifs is 1. The molecule has 0 saturated carbocycles. The van der Waals surface area contributed by atoms with E-state index in [0.717, 1.165) is 17.8 Å². The van der Waals surface area contributed by atoms with Crippen molar-refractivity contribution in [2.45, 2.75) is 17.9 Å². The van der Waals surface area contributed by atoms with E-state index in [0.29, 0.717) is 0 Å². The van der Waals surface area contributed by atoms with Crippen molar-refractivity contribution in [1.82, 2.24) is 4.57 Å². The highest BCUT2D eigenvalue weighted by atomic mass is 16.4. The highest BCUT2D eigenvalue weighted by Crippen LogP contribution is 2.51. The summed E-state index contributed by atoms with van der Waals surface area (Å²) in [6.07, 6.45) is 5.22. The number of carboxylic acids is 1. The van der Waals surface area contributed by atoms with Gasteiger partial charge in [-0.1, -0.05) is 66.7 Å². The number of benzene rings is 2. The van der Waals surface area contributed by atoms with E-state index in [-0.39, 0.29) is 5.92 Å². The van der Waals surface area contributed by atoms with E-state index in [2.05, 4.69) is 41.1 Å². The van der Waals surface area contributed by atoms with E-state index < -0.39 is 11.4 Å². The summed E-state index contributed by atoms with van der Waals surface area (Å²) in [4.78, 5) is 11.3. The normalized spacial score (nSPS) is 22.2. The summed E-state index contributed by atoms with van der Waals surface area (Å²) in [6, 6.07) is 24.7. The van der Waals surface area contributed by atoms with Gasteiger partial charge in [-0.05, 0) is 23.3 Å². The summed E-state index contributed by atoms with van der Waals surface area (Å²) < 4.78 is 2.23. The van der Waals surface area contributed by atoms with Crippen molar-refractivity contribution >= 4 is 5.97 Å². The molecule has 4 rings (SSSR count). The van der Waals surface area contributed by atoms with E-state index in [1.807, 2.05) is 48.5 Å². The van der Waals surface area contributed by atoms with E-state index in [1.54, 1.807) is 0 Å². The fourth-order valence-corrected chi connectivity index (χ4v) is 4.09. The molecule has 0 aliphatic carbocycles. The van der Waals surface area contributed by atoms with Crippen molar-refractivity contribution in [3.8, 4) is 0 Å². The predicted octanol–water partition coefficient (Wildman–Crippen LogP) is 4.21. The number of allylic oxidation sites excluding steroid dienone is 1. The zero-order chi connectivity index (χ0) is 17.3. The number of aliphatic carboxylic acids is 1. The lowest BCUT2D eigenvalue weighted by atomic mass is 9.67. The molecule has 2 heterocycles. The molecule has 0 fully saturated rings. The smallest absolute Gasteiger partial charge is 0.328 e. The van der Waals surface area contributed by atoms with Crippen LogP contribution in [-0.2, 0) is 16.8 Å². The van der Waals surface area contributed by atoms with Gasteiger partial charge in [0, 0.05) is 30.4 Å². The number of hydrogen-bond donors (Lipinski definition) is 1. The van der Waals surface area contributed by atoms with Crippen LogP contribution < -0.4 is 0 Å². The van der Waals surface area contributed by atoms with E-state index >= 15 is 0 Å². The fourth-order valence-electron chi connectivity index (χ4n) is 4.09. The molecule has 2 atom stereocenters. The number of nitrogens with zero attached hydrogens (tertiary/aromatic N) is 1. The monoisotopic (exact) mass is 329 g/mol. The first-order valence-corrected chi connectivity index (χ1v) is 8.40. The first kappa shape index (κ1) is 15.5. The predicted molar refractivity (Wildman–Crippen MR) is 97.6 cm³/mol. The highest BCUT2D eigenvalue weighted by molar-refractivity contribution is 5.80. The molecule has 25 heavy (non-hydrogen) atoms. The Morgan fingerprint density at radius 1 is 1.00 bits per heavy atom. The van der Waals surface area contributed by atoms with Crippen LogP contribution in [-0.4, -0.2) is 15.6 Å². The summed E-state index contributed by atoms with van der Waals surface area (Å²) in [7, 11) is 0. The average Bonchev–Trinajstić information content (AvgIpc) is 3.22. The van der Waals surface area contributed by atoms with Gasteiger partial charge in [-0.3, -0.25) is 0 Å². The van der Waals surface area contributed by atoms with Gasteiger partial charge in [0.1, 0.15) is 0 Å². The third-order valence-corrected chi connectivity index (χ3v) is 5.12. The van der Waals surface area contributed by atoms with Gasteiger partial charge in [0.05, 0.1) is 5.41 Å². The second kappa shape index (κ2) is 6.10. The van der Waals surface area contributed by atoms with Crippen LogP contribution in [0, 0.1) is 0 Å². The molecule has 1 N–H and O–H groups in total.